The molecule has 198 valence electrons. The first-order valence-electron chi connectivity index (χ1n) is 13.9. The van der Waals surface area contributed by atoms with Crippen LogP contribution in [0.15, 0.2) is 35.7 Å². The van der Waals surface area contributed by atoms with E-state index < -0.39 is 0 Å². The van der Waals surface area contributed by atoms with Crippen LogP contribution in [0.25, 0.3) is 0 Å². The third kappa shape index (κ3) is 4.86. The molecule has 1 aromatic heterocycles. The van der Waals surface area contributed by atoms with Crippen molar-refractivity contribution in [2.24, 2.45) is 23.2 Å². The predicted octanol–water partition coefficient (Wildman–Crippen LogP) is 5.96. The summed E-state index contributed by atoms with van der Waals surface area (Å²) in [4.78, 5) is 33.5. The standard InChI is InChI=1S/C30H37ClN2O3S/c1-36-11-2-9-32(29(35)30-16-20-13-21(17-30)15-22(14-20)18-30)19-27(34)33-10-7-26-25(8-12-37-26)28(33)23-3-5-24(31)6-4-23/h3-6,8,12,20-22,28H,2,7,9-11,13-19H2,1H3. The van der Waals surface area contributed by atoms with Crippen molar-refractivity contribution < 1.29 is 14.3 Å². The Hall–Kier alpha value is -1.89. The molecule has 7 heteroatoms. The molecule has 0 saturated heterocycles. The van der Waals surface area contributed by atoms with Gasteiger partial charge in [-0.25, -0.2) is 0 Å². The number of nitrogens with zero attached hydrogens (tertiary/aromatic N) is 2. The van der Waals surface area contributed by atoms with Crippen LogP contribution in [0, 0.1) is 23.2 Å². The molecule has 1 atom stereocenters. The molecule has 7 rings (SSSR count). The minimum Gasteiger partial charge on any atom is -0.385 e. The fourth-order valence-electron chi connectivity index (χ4n) is 8.20. The summed E-state index contributed by atoms with van der Waals surface area (Å²) in [7, 11) is 1.69. The topological polar surface area (TPSA) is 49.9 Å². The average molecular weight is 541 g/mol. The zero-order chi connectivity index (χ0) is 25.6. The van der Waals surface area contributed by atoms with Crippen molar-refractivity contribution in [1.82, 2.24) is 9.80 Å². The van der Waals surface area contributed by atoms with E-state index in [0.29, 0.717) is 42.5 Å². The van der Waals surface area contributed by atoms with Gasteiger partial charge in [-0.1, -0.05) is 23.7 Å². The summed E-state index contributed by atoms with van der Waals surface area (Å²) in [6.07, 6.45) is 8.55. The van der Waals surface area contributed by atoms with Crippen molar-refractivity contribution in [2.45, 2.75) is 57.4 Å². The lowest BCUT2D eigenvalue weighted by molar-refractivity contribution is -0.160. The molecule has 2 aromatic rings. The Morgan fingerprint density at radius 1 is 1.08 bits per heavy atom. The summed E-state index contributed by atoms with van der Waals surface area (Å²) >= 11 is 7.95. The number of ether oxygens (including phenoxy) is 1. The minimum absolute atomic E-state index is 0.0345. The number of amides is 2. The van der Waals surface area contributed by atoms with Gasteiger partial charge >= 0.3 is 0 Å². The third-order valence-corrected chi connectivity index (χ3v) is 10.6. The lowest BCUT2D eigenvalue weighted by Gasteiger charge is -2.56. The molecule has 5 nitrogen and oxygen atoms in total. The zero-order valence-corrected chi connectivity index (χ0v) is 23.2. The molecule has 2 heterocycles. The molecule has 1 aliphatic heterocycles. The van der Waals surface area contributed by atoms with Crippen molar-refractivity contribution >= 4 is 34.8 Å². The number of hydrogen-bond acceptors (Lipinski definition) is 4. The Labute approximate surface area is 229 Å². The molecule has 4 saturated carbocycles. The summed E-state index contributed by atoms with van der Waals surface area (Å²) in [5, 5.41) is 2.81. The highest BCUT2D eigenvalue weighted by Gasteiger charge is 2.55. The molecule has 4 aliphatic carbocycles. The summed E-state index contributed by atoms with van der Waals surface area (Å²) in [5.74, 6) is 2.35. The van der Waals surface area contributed by atoms with Crippen LogP contribution in [0.2, 0.25) is 5.02 Å². The molecule has 0 spiro atoms. The maximum absolute atomic E-state index is 14.3. The second kappa shape index (κ2) is 10.3. The Morgan fingerprint density at radius 2 is 1.76 bits per heavy atom. The Kier molecular flexibility index (Phi) is 7.10. The number of rotatable bonds is 8. The van der Waals surface area contributed by atoms with Crippen molar-refractivity contribution in [3.8, 4) is 0 Å². The molecule has 1 aromatic carbocycles. The van der Waals surface area contributed by atoms with Gasteiger partial charge in [-0.3, -0.25) is 9.59 Å². The summed E-state index contributed by atoms with van der Waals surface area (Å²) in [6, 6.07) is 9.85. The summed E-state index contributed by atoms with van der Waals surface area (Å²) < 4.78 is 5.31. The fraction of sp³-hybridized carbons (Fsp3) is 0.600. The van der Waals surface area contributed by atoms with E-state index in [1.54, 1.807) is 18.4 Å². The van der Waals surface area contributed by atoms with Crippen molar-refractivity contribution in [3.63, 3.8) is 0 Å². The molecule has 2 amide bonds. The van der Waals surface area contributed by atoms with Crippen LogP contribution in [0.3, 0.4) is 0 Å². The van der Waals surface area contributed by atoms with Gasteiger partial charge in [0.1, 0.15) is 0 Å². The quantitative estimate of drug-likeness (QED) is 0.388. The number of carbonyl (C=O) groups is 2. The highest BCUT2D eigenvalue weighted by atomic mass is 35.5. The molecule has 4 bridgehead atoms. The number of carbonyl (C=O) groups excluding carboxylic acids is 2. The third-order valence-electron chi connectivity index (χ3n) is 9.35. The fourth-order valence-corrected chi connectivity index (χ4v) is 9.23. The van der Waals surface area contributed by atoms with E-state index in [4.69, 9.17) is 16.3 Å². The second-order valence-electron chi connectivity index (χ2n) is 11.9. The van der Waals surface area contributed by atoms with Gasteiger partial charge < -0.3 is 14.5 Å². The summed E-state index contributed by atoms with van der Waals surface area (Å²) in [5.41, 5.74) is 2.01. The van der Waals surface area contributed by atoms with E-state index >= 15 is 0 Å². The van der Waals surface area contributed by atoms with Crippen LogP contribution in [0.4, 0.5) is 0 Å². The van der Waals surface area contributed by atoms with Crippen LogP contribution < -0.4 is 0 Å². The van der Waals surface area contributed by atoms with E-state index in [1.165, 1.54) is 29.7 Å². The maximum atomic E-state index is 14.3. The number of methoxy groups -OCH3 is 1. The van der Waals surface area contributed by atoms with Gasteiger partial charge in [0.25, 0.3) is 0 Å². The van der Waals surface area contributed by atoms with Crippen LogP contribution >= 0.6 is 22.9 Å². The first-order valence-corrected chi connectivity index (χ1v) is 15.1. The normalized spacial score (nSPS) is 29.8. The smallest absolute Gasteiger partial charge is 0.242 e. The van der Waals surface area contributed by atoms with Crippen LogP contribution in [-0.2, 0) is 20.7 Å². The predicted molar refractivity (Wildman–Crippen MR) is 147 cm³/mol. The SMILES string of the molecule is COCCCN(CC(=O)N1CCc2sccc2C1c1ccc(Cl)cc1)C(=O)C12CC3CC(CC(C3)C1)C2. The molecule has 5 aliphatic rings. The van der Waals surface area contributed by atoms with E-state index in [-0.39, 0.29) is 29.8 Å². The first-order chi connectivity index (χ1) is 18.0. The van der Waals surface area contributed by atoms with E-state index in [0.717, 1.165) is 37.7 Å². The largest absolute Gasteiger partial charge is 0.385 e. The van der Waals surface area contributed by atoms with Gasteiger partial charge in [0, 0.05) is 36.7 Å². The Bertz CT molecular complexity index is 1110. The Balaban J connectivity index is 1.26. The van der Waals surface area contributed by atoms with E-state index in [2.05, 4.69) is 11.4 Å². The van der Waals surface area contributed by atoms with Crippen LogP contribution in [0.1, 0.15) is 67.0 Å². The number of halogens is 1. The highest BCUT2D eigenvalue weighted by molar-refractivity contribution is 7.10. The van der Waals surface area contributed by atoms with Crippen molar-refractivity contribution in [3.05, 3.63) is 56.7 Å². The van der Waals surface area contributed by atoms with Gasteiger partial charge in [0.15, 0.2) is 0 Å². The molecule has 1 unspecified atom stereocenters. The first kappa shape index (κ1) is 25.4. The zero-order valence-electron chi connectivity index (χ0n) is 21.7. The monoisotopic (exact) mass is 540 g/mol. The summed E-state index contributed by atoms with van der Waals surface area (Å²) in [6.45, 7) is 1.97. The molecule has 4 fully saturated rings. The number of thiophene rings is 1. The molecule has 37 heavy (non-hydrogen) atoms. The number of fused-ring (bicyclic) bond motifs is 1. The van der Waals surface area contributed by atoms with E-state index in [1.807, 2.05) is 34.1 Å². The molecule has 0 radical (unpaired) electrons. The van der Waals surface area contributed by atoms with Crippen molar-refractivity contribution in [1.29, 1.82) is 0 Å². The van der Waals surface area contributed by atoms with E-state index in [9.17, 15) is 9.59 Å². The van der Waals surface area contributed by atoms with Gasteiger partial charge in [0.2, 0.25) is 11.8 Å². The average Bonchev–Trinajstić information content (AvgIpc) is 3.36. The lowest BCUT2D eigenvalue weighted by atomic mass is 9.49. The maximum Gasteiger partial charge on any atom is 0.242 e. The number of benzene rings is 1. The molecular weight excluding hydrogens is 504 g/mol. The second-order valence-corrected chi connectivity index (χ2v) is 13.3. The van der Waals surface area contributed by atoms with Gasteiger partial charge in [-0.15, -0.1) is 11.3 Å². The van der Waals surface area contributed by atoms with Crippen LogP contribution in [-0.4, -0.2) is 55.0 Å². The lowest BCUT2D eigenvalue weighted by Crippen LogP contribution is -2.56. The minimum atomic E-state index is -0.250. The van der Waals surface area contributed by atoms with Gasteiger partial charge in [0.05, 0.1) is 18.0 Å². The highest BCUT2D eigenvalue weighted by Crippen LogP contribution is 2.60. The van der Waals surface area contributed by atoms with Crippen LogP contribution in [0.5, 0.6) is 0 Å². The van der Waals surface area contributed by atoms with Crippen molar-refractivity contribution in [2.75, 3.05) is 33.4 Å². The molecule has 0 N–H and O–H groups in total. The van der Waals surface area contributed by atoms with Gasteiger partial charge in [-0.05, 0) is 104 Å². The molecular formula is C30H37ClN2O3S. The Morgan fingerprint density at radius 3 is 2.41 bits per heavy atom. The van der Waals surface area contributed by atoms with Gasteiger partial charge in [-0.2, -0.15) is 0 Å². The number of hydrogen-bond donors (Lipinski definition) is 0.